The maximum atomic E-state index is 6.25. The Morgan fingerprint density at radius 1 is 1.45 bits per heavy atom. The normalized spacial score (nSPS) is 26.5. The Hall–Kier alpha value is -0.440. The molecule has 0 aromatic heterocycles. The van der Waals surface area contributed by atoms with Gasteiger partial charge in [-0.3, -0.25) is 0 Å². The highest BCUT2D eigenvalue weighted by Gasteiger charge is 2.33. The first-order valence-corrected chi connectivity index (χ1v) is 8.13. The number of halogens is 2. The largest absolute Gasteiger partial charge is 0.496 e. The summed E-state index contributed by atoms with van der Waals surface area (Å²) in [5.74, 6) is 2.26. The van der Waals surface area contributed by atoms with E-state index in [1.165, 1.54) is 12.8 Å². The second kappa shape index (κ2) is 7.02. The molecule has 0 bridgehead atoms. The van der Waals surface area contributed by atoms with E-state index in [2.05, 4.69) is 12.2 Å². The van der Waals surface area contributed by atoms with Crippen molar-refractivity contribution in [2.45, 2.75) is 44.7 Å². The van der Waals surface area contributed by atoms with E-state index in [4.69, 9.17) is 27.9 Å². The van der Waals surface area contributed by atoms with Crippen LogP contribution >= 0.6 is 23.2 Å². The van der Waals surface area contributed by atoms with Crippen molar-refractivity contribution >= 4 is 23.2 Å². The van der Waals surface area contributed by atoms with Crippen molar-refractivity contribution < 1.29 is 4.74 Å². The fraction of sp³-hybridized carbons (Fsp3) is 0.625. The predicted molar refractivity (Wildman–Crippen MR) is 85.9 cm³/mol. The lowest BCUT2D eigenvalue weighted by molar-refractivity contribution is 0.207. The zero-order chi connectivity index (χ0) is 14.6. The molecule has 0 radical (unpaired) electrons. The molecule has 2 unspecified atom stereocenters. The molecular formula is C16H23Cl2NO. The summed E-state index contributed by atoms with van der Waals surface area (Å²) < 4.78 is 5.40. The molecule has 0 aliphatic heterocycles. The van der Waals surface area contributed by atoms with E-state index in [9.17, 15) is 0 Å². The van der Waals surface area contributed by atoms with Crippen molar-refractivity contribution in [3.05, 3.63) is 28.8 Å². The van der Waals surface area contributed by atoms with Gasteiger partial charge in [-0.25, -0.2) is 0 Å². The van der Waals surface area contributed by atoms with Crippen LogP contribution in [-0.2, 0) is 6.54 Å². The highest BCUT2D eigenvalue weighted by molar-refractivity contribution is 6.30. The van der Waals surface area contributed by atoms with Crippen molar-refractivity contribution in [3.63, 3.8) is 0 Å². The van der Waals surface area contributed by atoms with Crippen molar-refractivity contribution in [2.75, 3.05) is 13.0 Å². The van der Waals surface area contributed by atoms with Gasteiger partial charge < -0.3 is 10.1 Å². The molecule has 0 saturated heterocycles. The summed E-state index contributed by atoms with van der Waals surface area (Å²) in [6, 6.07) is 5.72. The van der Waals surface area contributed by atoms with Gasteiger partial charge in [0.1, 0.15) is 5.75 Å². The Morgan fingerprint density at radius 2 is 2.25 bits per heavy atom. The Bertz CT molecular complexity index is 452. The van der Waals surface area contributed by atoms with E-state index in [0.29, 0.717) is 5.88 Å². The van der Waals surface area contributed by atoms with E-state index in [0.717, 1.165) is 41.6 Å². The van der Waals surface area contributed by atoms with Gasteiger partial charge in [0.2, 0.25) is 0 Å². The molecule has 1 N–H and O–H groups in total. The first-order valence-electron chi connectivity index (χ1n) is 7.22. The van der Waals surface area contributed by atoms with E-state index in [1.807, 2.05) is 18.2 Å². The van der Waals surface area contributed by atoms with Crippen LogP contribution in [0.25, 0.3) is 0 Å². The molecule has 0 spiro atoms. The second-order valence-electron chi connectivity index (χ2n) is 5.93. The van der Waals surface area contributed by atoms with Crippen LogP contribution in [0.15, 0.2) is 18.2 Å². The average Bonchev–Trinajstić information content (AvgIpc) is 2.45. The van der Waals surface area contributed by atoms with Gasteiger partial charge in [0.05, 0.1) is 7.11 Å². The van der Waals surface area contributed by atoms with Gasteiger partial charge in [-0.1, -0.05) is 31.4 Å². The van der Waals surface area contributed by atoms with Crippen LogP contribution in [0, 0.1) is 5.92 Å². The molecule has 2 rings (SSSR count). The molecular weight excluding hydrogens is 293 g/mol. The molecule has 1 aromatic carbocycles. The highest BCUT2D eigenvalue weighted by Crippen LogP contribution is 2.34. The van der Waals surface area contributed by atoms with Crippen LogP contribution in [0.1, 0.15) is 38.2 Å². The fourth-order valence-corrected chi connectivity index (χ4v) is 3.69. The van der Waals surface area contributed by atoms with Crippen LogP contribution in [0.3, 0.4) is 0 Å². The van der Waals surface area contributed by atoms with E-state index in [-0.39, 0.29) is 5.54 Å². The van der Waals surface area contributed by atoms with Gasteiger partial charge in [-0.2, -0.15) is 0 Å². The van der Waals surface area contributed by atoms with Crippen LogP contribution in [0.2, 0.25) is 5.02 Å². The number of nitrogens with one attached hydrogen (secondary N) is 1. The molecule has 1 aromatic rings. The molecule has 1 aliphatic carbocycles. The minimum absolute atomic E-state index is 0.0482. The molecule has 1 saturated carbocycles. The number of alkyl halides is 1. The van der Waals surface area contributed by atoms with Crippen molar-refractivity contribution in [2.24, 2.45) is 5.92 Å². The summed E-state index contributed by atoms with van der Waals surface area (Å²) >= 11 is 12.3. The second-order valence-corrected chi connectivity index (χ2v) is 6.63. The maximum absolute atomic E-state index is 6.25. The van der Waals surface area contributed by atoms with Gasteiger partial charge in [0, 0.05) is 28.5 Å². The van der Waals surface area contributed by atoms with Crippen LogP contribution in [0.5, 0.6) is 5.75 Å². The Kier molecular flexibility index (Phi) is 5.59. The third-order valence-electron chi connectivity index (χ3n) is 4.24. The summed E-state index contributed by atoms with van der Waals surface area (Å²) in [5, 5.41) is 4.40. The molecule has 0 amide bonds. The zero-order valence-electron chi connectivity index (χ0n) is 12.2. The van der Waals surface area contributed by atoms with Gasteiger partial charge in [-0.05, 0) is 37.0 Å². The van der Waals surface area contributed by atoms with Gasteiger partial charge in [0.25, 0.3) is 0 Å². The predicted octanol–water partition coefficient (Wildman–Crippen LogP) is 4.63. The Balaban J connectivity index is 2.08. The smallest absolute Gasteiger partial charge is 0.123 e. The van der Waals surface area contributed by atoms with Crippen LogP contribution in [-0.4, -0.2) is 18.5 Å². The number of benzene rings is 1. The first-order chi connectivity index (χ1) is 9.58. The standard InChI is InChI=1S/C16H23Cl2NO/c1-12-4-3-7-16(9-12,11-17)19-10-13-8-14(18)5-6-15(13)20-2/h5-6,8,12,19H,3-4,7,9-11H2,1-2H3. The summed E-state index contributed by atoms with van der Waals surface area (Å²) in [6.45, 7) is 3.05. The monoisotopic (exact) mass is 315 g/mol. The quantitative estimate of drug-likeness (QED) is 0.800. The summed E-state index contributed by atoms with van der Waals surface area (Å²) in [6.07, 6.45) is 4.83. The first kappa shape index (κ1) is 15.9. The SMILES string of the molecule is COc1ccc(Cl)cc1CNC1(CCl)CCCC(C)C1. The number of methoxy groups -OCH3 is 1. The third-order valence-corrected chi connectivity index (χ3v) is 4.99. The van der Waals surface area contributed by atoms with E-state index < -0.39 is 0 Å². The van der Waals surface area contributed by atoms with Crippen molar-refractivity contribution in [3.8, 4) is 5.75 Å². The molecule has 2 nitrogen and oxygen atoms in total. The lowest BCUT2D eigenvalue weighted by Crippen LogP contribution is -2.49. The lowest BCUT2D eigenvalue weighted by Gasteiger charge is -2.39. The third kappa shape index (κ3) is 3.81. The highest BCUT2D eigenvalue weighted by atomic mass is 35.5. The molecule has 1 fully saturated rings. The van der Waals surface area contributed by atoms with Gasteiger partial charge in [-0.15, -0.1) is 11.6 Å². The topological polar surface area (TPSA) is 21.3 Å². The minimum Gasteiger partial charge on any atom is -0.496 e. The molecule has 2 atom stereocenters. The average molecular weight is 316 g/mol. The number of hydrogen-bond donors (Lipinski definition) is 1. The maximum Gasteiger partial charge on any atom is 0.123 e. The Morgan fingerprint density at radius 3 is 2.90 bits per heavy atom. The number of ether oxygens (including phenoxy) is 1. The van der Waals surface area contributed by atoms with Gasteiger partial charge >= 0.3 is 0 Å². The molecule has 20 heavy (non-hydrogen) atoms. The van der Waals surface area contributed by atoms with Gasteiger partial charge in [0.15, 0.2) is 0 Å². The summed E-state index contributed by atoms with van der Waals surface area (Å²) in [5.41, 5.74) is 1.13. The van der Waals surface area contributed by atoms with Crippen molar-refractivity contribution in [1.82, 2.24) is 5.32 Å². The fourth-order valence-electron chi connectivity index (χ4n) is 3.16. The number of rotatable bonds is 5. The molecule has 0 heterocycles. The van der Waals surface area contributed by atoms with Crippen LogP contribution < -0.4 is 10.1 Å². The molecule has 4 heteroatoms. The zero-order valence-corrected chi connectivity index (χ0v) is 13.7. The molecule has 1 aliphatic rings. The van der Waals surface area contributed by atoms with E-state index >= 15 is 0 Å². The van der Waals surface area contributed by atoms with Crippen molar-refractivity contribution in [1.29, 1.82) is 0 Å². The Labute approximate surface area is 131 Å². The summed E-state index contributed by atoms with van der Waals surface area (Å²) in [7, 11) is 1.69. The minimum atomic E-state index is 0.0482. The summed E-state index contributed by atoms with van der Waals surface area (Å²) in [4.78, 5) is 0. The van der Waals surface area contributed by atoms with Crippen LogP contribution in [0.4, 0.5) is 0 Å². The lowest BCUT2D eigenvalue weighted by atomic mass is 9.77. The molecule has 112 valence electrons. The van der Waals surface area contributed by atoms with E-state index in [1.54, 1.807) is 7.11 Å². The number of hydrogen-bond acceptors (Lipinski definition) is 2.